The third-order valence-corrected chi connectivity index (χ3v) is 3.63. The molecule has 0 spiro atoms. The quantitative estimate of drug-likeness (QED) is 0.701. The van der Waals surface area contributed by atoms with E-state index in [0.29, 0.717) is 11.4 Å². The van der Waals surface area contributed by atoms with Gasteiger partial charge in [0.05, 0.1) is 0 Å². The Kier molecular flexibility index (Phi) is 4.38. The lowest BCUT2D eigenvalue weighted by Gasteiger charge is -2.16. The van der Waals surface area contributed by atoms with E-state index in [1.165, 1.54) is 17.2 Å². The molecule has 0 aliphatic rings. The minimum atomic E-state index is -0.170. The Morgan fingerprint density at radius 3 is 2.39 bits per heavy atom. The van der Waals surface area contributed by atoms with E-state index in [4.69, 9.17) is 11.6 Å². The van der Waals surface area contributed by atoms with Crippen LogP contribution in [0.5, 0.6) is 0 Å². The molecule has 94 valence electrons. The highest BCUT2D eigenvalue weighted by atomic mass is 35.5. The van der Waals surface area contributed by atoms with Crippen LogP contribution in [-0.4, -0.2) is 5.88 Å². The van der Waals surface area contributed by atoms with Gasteiger partial charge in [0.15, 0.2) is 0 Å². The van der Waals surface area contributed by atoms with Crippen LogP contribution in [-0.2, 0) is 6.42 Å². The van der Waals surface area contributed by atoms with Crippen molar-refractivity contribution in [2.75, 3.05) is 5.88 Å². The minimum absolute atomic E-state index is 0.0222. The smallest absolute Gasteiger partial charge is 0.126 e. The lowest BCUT2D eigenvalue weighted by molar-refractivity contribution is 0.588. The highest BCUT2D eigenvalue weighted by Gasteiger charge is 2.15. The molecule has 0 radical (unpaired) electrons. The molecule has 0 aromatic heterocycles. The normalized spacial score (nSPS) is 12.4. The van der Waals surface area contributed by atoms with Gasteiger partial charge in [-0.1, -0.05) is 42.5 Å². The number of hydrogen-bond acceptors (Lipinski definition) is 0. The maximum Gasteiger partial charge on any atom is 0.126 e. The average molecular weight is 263 g/mol. The fourth-order valence-corrected chi connectivity index (χ4v) is 2.43. The summed E-state index contributed by atoms with van der Waals surface area (Å²) in [5, 5.41) is 0. The fourth-order valence-electron chi connectivity index (χ4n) is 2.16. The van der Waals surface area contributed by atoms with Crippen LogP contribution in [0.25, 0.3) is 0 Å². The Morgan fingerprint density at radius 1 is 1.06 bits per heavy atom. The van der Waals surface area contributed by atoms with Crippen LogP contribution in [0.15, 0.2) is 48.5 Å². The summed E-state index contributed by atoms with van der Waals surface area (Å²) >= 11 is 6.01. The molecule has 0 saturated carbocycles. The Bertz CT molecular complexity index is 522. The van der Waals surface area contributed by atoms with Gasteiger partial charge >= 0.3 is 0 Å². The predicted octanol–water partition coefficient (Wildman–Crippen LogP) is 4.70. The molecule has 0 nitrogen and oxygen atoms in total. The Labute approximate surface area is 112 Å². The van der Waals surface area contributed by atoms with Crippen molar-refractivity contribution in [3.05, 3.63) is 71.0 Å². The maximum absolute atomic E-state index is 13.8. The summed E-state index contributed by atoms with van der Waals surface area (Å²) in [7, 11) is 0. The molecular weight excluding hydrogens is 247 g/mol. The van der Waals surface area contributed by atoms with Crippen LogP contribution in [0.3, 0.4) is 0 Å². The van der Waals surface area contributed by atoms with E-state index in [0.717, 1.165) is 6.42 Å². The molecule has 0 fully saturated rings. The van der Waals surface area contributed by atoms with Crippen molar-refractivity contribution in [2.24, 2.45) is 0 Å². The van der Waals surface area contributed by atoms with Gasteiger partial charge in [0.1, 0.15) is 5.82 Å². The summed E-state index contributed by atoms with van der Waals surface area (Å²) in [6.07, 6.45) is 0.775. The van der Waals surface area contributed by atoms with Gasteiger partial charge in [0.25, 0.3) is 0 Å². The van der Waals surface area contributed by atoms with Crippen LogP contribution in [0.2, 0.25) is 0 Å². The molecule has 0 aliphatic heterocycles. The molecule has 2 rings (SSSR count). The van der Waals surface area contributed by atoms with Crippen molar-refractivity contribution >= 4 is 11.6 Å². The molecule has 2 aromatic rings. The zero-order valence-corrected chi connectivity index (χ0v) is 11.1. The zero-order valence-electron chi connectivity index (χ0n) is 10.4. The Morgan fingerprint density at radius 2 is 1.72 bits per heavy atom. The first kappa shape index (κ1) is 13.1. The molecule has 1 atom stereocenters. The molecule has 1 unspecified atom stereocenters. The van der Waals surface area contributed by atoms with Crippen LogP contribution in [0, 0.1) is 12.7 Å². The molecule has 0 heterocycles. The number of aryl methyl sites for hydroxylation is 1. The van der Waals surface area contributed by atoms with Crippen molar-refractivity contribution in [1.82, 2.24) is 0 Å². The van der Waals surface area contributed by atoms with Gasteiger partial charge in [-0.3, -0.25) is 0 Å². The summed E-state index contributed by atoms with van der Waals surface area (Å²) in [5.41, 5.74) is 3.16. The Hall–Kier alpha value is -1.34. The summed E-state index contributed by atoms with van der Waals surface area (Å²) in [6, 6.07) is 15.0. The highest BCUT2D eigenvalue weighted by molar-refractivity contribution is 6.18. The molecule has 0 bridgehead atoms. The van der Waals surface area contributed by atoms with Gasteiger partial charge in [-0.05, 0) is 36.1 Å². The van der Waals surface area contributed by atoms with E-state index in [-0.39, 0.29) is 11.7 Å². The van der Waals surface area contributed by atoms with Gasteiger partial charge < -0.3 is 0 Å². The average Bonchev–Trinajstić information content (AvgIpc) is 2.39. The Balaban J connectivity index is 2.26. The van der Waals surface area contributed by atoms with Crippen molar-refractivity contribution in [3.63, 3.8) is 0 Å². The second kappa shape index (κ2) is 6.01. The first-order valence-corrected chi connectivity index (χ1v) is 6.60. The first-order valence-electron chi connectivity index (χ1n) is 6.07. The summed E-state index contributed by atoms with van der Waals surface area (Å²) in [6.45, 7) is 2.07. The van der Waals surface area contributed by atoms with Gasteiger partial charge in [0.2, 0.25) is 0 Å². The largest absolute Gasteiger partial charge is 0.207 e. The van der Waals surface area contributed by atoms with Crippen molar-refractivity contribution < 1.29 is 4.39 Å². The van der Waals surface area contributed by atoms with Gasteiger partial charge in [-0.2, -0.15) is 0 Å². The molecule has 2 aromatic carbocycles. The topological polar surface area (TPSA) is 0 Å². The van der Waals surface area contributed by atoms with E-state index in [2.05, 4.69) is 19.1 Å². The van der Waals surface area contributed by atoms with Gasteiger partial charge in [-0.25, -0.2) is 4.39 Å². The highest BCUT2D eigenvalue weighted by Crippen LogP contribution is 2.25. The monoisotopic (exact) mass is 262 g/mol. The number of hydrogen-bond donors (Lipinski definition) is 0. The molecular formula is C16H16ClF. The lowest BCUT2D eigenvalue weighted by atomic mass is 9.91. The molecule has 18 heavy (non-hydrogen) atoms. The first-order chi connectivity index (χ1) is 8.72. The molecule has 0 N–H and O–H groups in total. The second-order valence-electron chi connectivity index (χ2n) is 4.50. The molecule has 0 amide bonds. The van der Waals surface area contributed by atoms with Crippen LogP contribution in [0.4, 0.5) is 4.39 Å². The zero-order chi connectivity index (χ0) is 13.0. The number of halogens is 2. The van der Waals surface area contributed by atoms with Crippen LogP contribution < -0.4 is 0 Å². The summed E-state index contributed by atoms with van der Waals surface area (Å²) in [4.78, 5) is 0. The van der Waals surface area contributed by atoms with E-state index in [1.54, 1.807) is 6.07 Å². The minimum Gasteiger partial charge on any atom is -0.207 e. The van der Waals surface area contributed by atoms with E-state index < -0.39 is 0 Å². The van der Waals surface area contributed by atoms with E-state index in [1.807, 2.05) is 24.3 Å². The lowest BCUT2D eigenvalue weighted by Crippen LogP contribution is -2.07. The number of alkyl halides is 1. The molecule has 0 saturated heterocycles. The second-order valence-corrected chi connectivity index (χ2v) is 4.81. The number of benzene rings is 2. The standard InChI is InChI=1S/C16H16ClF/c1-12-6-2-3-7-13(12)10-14(11-17)15-8-4-5-9-16(15)18/h2-9,14H,10-11H2,1H3. The third-order valence-electron chi connectivity index (χ3n) is 3.26. The van der Waals surface area contributed by atoms with E-state index >= 15 is 0 Å². The van der Waals surface area contributed by atoms with Gasteiger partial charge in [0, 0.05) is 11.8 Å². The van der Waals surface area contributed by atoms with Crippen molar-refractivity contribution in [2.45, 2.75) is 19.3 Å². The maximum atomic E-state index is 13.8. The number of rotatable bonds is 4. The van der Waals surface area contributed by atoms with Crippen LogP contribution >= 0.6 is 11.6 Å². The van der Waals surface area contributed by atoms with Crippen LogP contribution in [0.1, 0.15) is 22.6 Å². The van der Waals surface area contributed by atoms with Gasteiger partial charge in [-0.15, -0.1) is 11.6 Å². The molecule has 0 aliphatic carbocycles. The predicted molar refractivity (Wildman–Crippen MR) is 74.7 cm³/mol. The SMILES string of the molecule is Cc1ccccc1CC(CCl)c1ccccc1F. The van der Waals surface area contributed by atoms with Crippen molar-refractivity contribution in [3.8, 4) is 0 Å². The van der Waals surface area contributed by atoms with Crippen molar-refractivity contribution in [1.29, 1.82) is 0 Å². The molecule has 2 heteroatoms. The summed E-state index contributed by atoms with van der Waals surface area (Å²) in [5.74, 6) is 0.278. The fraction of sp³-hybridized carbons (Fsp3) is 0.250. The van der Waals surface area contributed by atoms with E-state index in [9.17, 15) is 4.39 Å². The summed E-state index contributed by atoms with van der Waals surface area (Å²) < 4.78 is 13.8. The third kappa shape index (κ3) is 2.91.